The van der Waals surface area contributed by atoms with E-state index in [1.165, 1.54) is 0 Å². The summed E-state index contributed by atoms with van der Waals surface area (Å²) in [5, 5.41) is 11.0. The molecule has 0 aliphatic rings. The summed E-state index contributed by atoms with van der Waals surface area (Å²) < 4.78 is 53.2. The third-order valence-electron chi connectivity index (χ3n) is 2.76. The highest BCUT2D eigenvalue weighted by atomic mass is 19.2. The number of hydrogen-bond acceptors (Lipinski definition) is 2. The fourth-order valence-electron chi connectivity index (χ4n) is 1.69. The fraction of sp³-hybridized carbons (Fsp3) is 0.278. The topological polar surface area (TPSA) is 49.3 Å². The number of aromatic hydroxyl groups is 1. The van der Waals surface area contributed by atoms with Gasteiger partial charge < -0.3 is 10.4 Å². The molecular formula is C18H21F4NO2. The molecule has 0 aliphatic carbocycles. The van der Waals surface area contributed by atoms with Gasteiger partial charge in [0.25, 0.3) is 5.91 Å². The number of nitrogens with one attached hydrogen (secondary N) is 1. The lowest BCUT2D eigenvalue weighted by molar-refractivity contribution is 0.0939. The molecule has 0 radical (unpaired) electrons. The lowest BCUT2D eigenvalue weighted by atomic mass is 10.1. The van der Waals surface area contributed by atoms with Crippen molar-refractivity contribution >= 4 is 5.91 Å². The lowest BCUT2D eigenvalue weighted by Crippen LogP contribution is -2.26. The first-order valence-electron chi connectivity index (χ1n) is 7.80. The van der Waals surface area contributed by atoms with Crippen LogP contribution in [0.15, 0.2) is 30.3 Å². The minimum Gasteiger partial charge on any atom is -0.503 e. The molecule has 7 heteroatoms. The quantitative estimate of drug-likeness (QED) is 0.603. The molecule has 2 aromatic carbocycles. The first kappa shape index (κ1) is 22.4. The Morgan fingerprint density at radius 2 is 1.32 bits per heavy atom. The van der Waals surface area contributed by atoms with Gasteiger partial charge in [-0.3, -0.25) is 4.79 Å². The molecule has 0 saturated heterocycles. The third kappa shape index (κ3) is 5.48. The van der Waals surface area contributed by atoms with Gasteiger partial charge in [0.2, 0.25) is 11.6 Å². The number of phenols is 1. The number of amides is 1. The van der Waals surface area contributed by atoms with Crippen LogP contribution in [0.25, 0.3) is 0 Å². The van der Waals surface area contributed by atoms with Gasteiger partial charge in [-0.1, -0.05) is 58.0 Å². The maximum Gasteiger partial charge on any atom is 0.257 e. The van der Waals surface area contributed by atoms with E-state index in [0.29, 0.717) is 5.56 Å². The predicted molar refractivity (Wildman–Crippen MR) is 88.2 cm³/mol. The van der Waals surface area contributed by atoms with E-state index in [-0.39, 0.29) is 6.54 Å². The Kier molecular flexibility index (Phi) is 9.93. The van der Waals surface area contributed by atoms with Crippen LogP contribution in [0.3, 0.4) is 0 Å². The van der Waals surface area contributed by atoms with Crippen molar-refractivity contribution in [2.45, 2.75) is 34.2 Å². The van der Waals surface area contributed by atoms with Crippen molar-refractivity contribution in [3.63, 3.8) is 0 Å². The van der Waals surface area contributed by atoms with Gasteiger partial charge in [0.05, 0.1) is 0 Å². The van der Waals surface area contributed by atoms with Gasteiger partial charge in [-0.15, -0.1) is 0 Å². The molecule has 2 rings (SSSR count). The highest BCUT2D eigenvalue weighted by Crippen LogP contribution is 2.28. The second-order valence-electron chi connectivity index (χ2n) is 4.15. The van der Waals surface area contributed by atoms with E-state index in [1.54, 1.807) is 30.3 Å². The SMILES string of the molecule is CC.CC.O=C(NCc1ccccc1)c1c(F)c(F)c(O)c(F)c1F. The van der Waals surface area contributed by atoms with Crippen molar-refractivity contribution in [2.75, 3.05) is 0 Å². The van der Waals surface area contributed by atoms with Crippen molar-refractivity contribution in [1.82, 2.24) is 5.32 Å². The van der Waals surface area contributed by atoms with Crippen LogP contribution in [0.5, 0.6) is 5.75 Å². The smallest absolute Gasteiger partial charge is 0.257 e. The van der Waals surface area contributed by atoms with Gasteiger partial charge in [0, 0.05) is 6.54 Å². The van der Waals surface area contributed by atoms with E-state index in [0.717, 1.165) is 0 Å². The fourth-order valence-corrected chi connectivity index (χ4v) is 1.69. The van der Waals surface area contributed by atoms with Crippen LogP contribution < -0.4 is 5.32 Å². The summed E-state index contributed by atoms with van der Waals surface area (Å²) in [6.07, 6.45) is 0. The Morgan fingerprint density at radius 1 is 0.880 bits per heavy atom. The minimum atomic E-state index is -2.02. The Morgan fingerprint density at radius 3 is 1.76 bits per heavy atom. The maximum absolute atomic E-state index is 13.5. The van der Waals surface area contributed by atoms with Gasteiger partial charge in [-0.2, -0.15) is 8.78 Å². The molecule has 2 aromatic rings. The zero-order valence-electron chi connectivity index (χ0n) is 14.5. The van der Waals surface area contributed by atoms with Crippen molar-refractivity contribution in [3.05, 3.63) is 64.7 Å². The number of rotatable bonds is 3. The van der Waals surface area contributed by atoms with Crippen LogP contribution in [-0.4, -0.2) is 11.0 Å². The van der Waals surface area contributed by atoms with Crippen LogP contribution in [-0.2, 0) is 6.54 Å². The Balaban J connectivity index is 0.00000134. The summed E-state index contributed by atoms with van der Waals surface area (Å²) in [6, 6.07) is 8.39. The molecule has 25 heavy (non-hydrogen) atoms. The standard InChI is InChI=1S/C14H9F4NO2.2C2H6/c15-9-8(10(16)12(18)13(20)11(9)17)14(21)19-6-7-4-2-1-3-5-7;2*1-2/h1-5,20H,6H2,(H,19,21);2*1-2H3. The Bertz CT molecular complexity index is 662. The van der Waals surface area contributed by atoms with Gasteiger partial charge in [0.1, 0.15) is 5.56 Å². The molecule has 0 aliphatic heterocycles. The van der Waals surface area contributed by atoms with Crippen molar-refractivity contribution < 1.29 is 27.5 Å². The normalized spacial score (nSPS) is 9.28. The molecule has 0 fully saturated rings. The Hall–Kier alpha value is -2.57. The van der Waals surface area contributed by atoms with E-state index in [9.17, 15) is 22.4 Å². The van der Waals surface area contributed by atoms with Crippen LogP contribution in [0.2, 0.25) is 0 Å². The molecule has 2 N–H and O–H groups in total. The molecule has 0 atom stereocenters. The van der Waals surface area contributed by atoms with Crippen molar-refractivity contribution in [1.29, 1.82) is 0 Å². The van der Waals surface area contributed by atoms with E-state index in [2.05, 4.69) is 5.32 Å². The molecule has 3 nitrogen and oxygen atoms in total. The summed E-state index contributed by atoms with van der Waals surface area (Å²) in [7, 11) is 0. The summed E-state index contributed by atoms with van der Waals surface area (Å²) in [5.41, 5.74) is -0.787. The summed E-state index contributed by atoms with van der Waals surface area (Å²) in [6.45, 7) is 7.92. The average Bonchev–Trinajstić information content (AvgIpc) is 2.67. The van der Waals surface area contributed by atoms with Crippen LogP contribution in [0.1, 0.15) is 43.6 Å². The van der Waals surface area contributed by atoms with E-state index >= 15 is 0 Å². The van der Waals surface area contributed by atoms with E-state index in [4.69, 9.17) is 5.11 Å². The molecular weight excluding hydrogens is 338 g/mol. The highest BCUT2D eigenvalue weighted by molar-refractivity contribution is 5.95. The molecule has 0 saturated carbocycles. The van der Waals surface area contributed by atoms with Gasteiger partial charge in [-0.25, -0.2) is 8.78 Å². The molecule has 0 bridgehead atoms. The number of carbonyl (C=O) groups is 1. The molecule has 0 unspecified atom stereocenters. The van der Waals surface area contributed by atoms with Crippen LogP contribution in [0.4, 0.5) is 17.6 Å². The zero-order chi connectivity index (χ0) is 19.6. The average molecular weight is 359 g/mol. The lowest BCUT2D eigenvalue weighted by Gasteiger charge is -2.09. The van der Waals surface area contributed by atoms with Crippen LogP contribution >= 0.6 is 0 Å². The third-order valence-corrected chi connectivity index (χ3v) is 2.76. The second-order valence-corrected chi connectivity index (χ2v) is 4.15. The zero-order valence-corrected chi connectivity index (χ0v) is 14.5. The van der Waals surface area contributed by atoms with Gasteiger partial charge >= 0.3 is 0 Å². The van der Waals surface area contributed by atoms with Crippen molar-refractivity contribution in [3.8, 4) is 5.75 Å². The molecule has 138 valence electrons. The molecule has 0 spiro atoms. The number of halogens is 4. The van der Waals surface area contributed by atoms with Gasteiger partial charge in [0.15, 0.2) is 17.4 Å². The summed E-state index contributed by atoms with van der Waals surface area (Å²) in [4.78, 5) is 11.7. The molecule has 1 amide bonds. The maximum atomic E-state index is 13.5. The monoisotopic (exact) mass is 359 g/mol. The predicted octanol–water partition coefficient (Wildman–Crippen LogP) is 4.93. The largest absolute Gasteiger partial charge is 0.503 e. The number of hydrogen-bond donors (Lipinski definition) is 2. The number of carbonyl (C=O) groups excluding carboxylic acids is 1. The van der Waals surface area contributed by atoms with Gasteiger partial charge in [-0.05, 0) is 5.56 Å². The van der Waals surface area contributed by atoms with Crippen molar-refractivity contribution in [2.24, 2.45) is 0 Å². The first-order valence-corrected chi connectivity index (χ1v) is 7.80. The molecule has 0 aromatic heterocycles. The summed E-state index contributed by atoms with van der Waals surface area (Å²) in [5.74, 6) is -11.1. The molecule has 0 heterocycles. The summed E-state index contributed by atoms with van der Waals surface area (Å²) >= 11 is 0. The number of phenolic OH excluding ortho intramolecular Hbond substituents is 1. The Labute approximate surface area is 144 Å². The first-order chi connectivity index (χ1) is 11.9. The second kappa shape index (κ2) is 11.1. The minimum absolute atomic E-state index is 0.0807. The van der Waals surface area contributed by atoms with Crippen LogP contribution in [0, 0.1) is 23.3 Å². The van der Waals surface area contributed by atoms with E-state index in [1.807, 2.05) is 27.7 Å². The highest BCUT2D eigenvalue weighted by Gasteiger charge is 2.29. The number of benzene rings is 2. The van der Waals surface area contributed by atoms with E-state index < -0.39 is 40.5 Å².